The average molecular weight is 279 g/mol. The summed E-state index contributed by atoms with van der Waals surface area (Å²) >= 11 is 3.34. The average Bonchev–Trinajstić information content (AvgIpc) is 2.15. The van der Waals surface area contributed by atoms with Crippen molar-refractivity contribution in [2.45, 2.75) is 6.92 Å². The highest BCUT2D eigenvalue weighted by molar-refractivity contribution is 9.10. The fourth-order valence-electron chi connectivity index (χ4n) is 1.42. The van der Waals surface area contributed by atoms with Crippen molar-refractivity contribution in [1.29, 1.82) is 0 Å². The molecule has 0 saturated heterocycles. The van der Waals surface area contributed by atoms with Gasteiger partial charge in [-0.2, -0.15) is 0 Å². The molecule has 82 valence electrons. The van der Waals surface area contributed by atoms with Crippen LogP contribution in [0.2, 0.25) is 0 Å². The molecule has 0 saturated carbocycles. The van der Waals surface area contributed by atoms with Crippen LogP contribution in [0.1, 0.15) is 5.56 Å². The van der Waals surface area contributed by atoms with Gasteiger partial charge in [0.05, 0.1) is 6.20 Å². The number of ether oxygens (including phenoxy) is 1. The quantitative estimate of drug-likeness (QED) is 0.855. The Hall–Kier alpha value is -1.55. The van der Waals surface area contributed by atoms with E-state index >= 15 is 0 Å². The molecule has 3 nitrogen and oxygen atoms in total. The molecule has 0 radical (unpaired) electrons. The highest BCUT2D eigenvalue weighted by atomic mass is 79.9. The maximum absolute atomic E-state index is 5.74. The van der Waals surface area contributed by atoms with E-state index in [9.17, 15) is 0 Å². The normalized spacial score (nSPS) is 10.1. The molecule has 2 N–H and O–H groups in total. The molecule has 0 atom stereocenters. The van der Waals surface area contributed by atoms with E-state index in [1.807, 2.05) is 25.1 Å². The first kappa shape index (κ1) is 11.0. The molecule has 0 aliphatic rings. The molecule has 0 amide bonds. The smallest absolute Gasteiger partial charge is 0.146 e. The first-order valence-corrected chi connectivity index (χ1v) is 5.58. The summed E-state index contributed by atoms with van der Waals surface area (Å²) in [5.41, 5.74) is 7.50. The van der Waals surface area contributed by atoms with Crippen LogP contribution in [0.4, 0.5) is 5.69 Å². The summed E-state index contributed by atoms with van der Waals surface area (Å²) in [6.45, 7) is 1.97. The number of halogens is 1. The molecule has 0 aliphatic carbocycles. The highest BCUT2D eigenvalue weighted by Crippen LogP contribution is 2.25. The molecule has 0 spiro atoms. The first-order chi connectivity index (χ1) is 7.63. The van der Waals surface area contributed by atoms with E-state index in [0.717, 1.165) is 15.8 Å². The van der Waals surface area contributed by atoms with E-state index in [0.29, 0.717) is 11.4 Å². The third-order valence-electron chi connectivity index (χ3n) is 1.99. The molecule has 1 heterocycles. The summed E-state index contributed by atoms with van der Waals surface area (Å²) in [5.74, 6) is 1.40. The van der Waals surface area contributed by atoms with Gasteiger partial charge in [-0.3, -0.25) is 4.98 Å². The number of pyridine rings is 1. The molecule has 1 aromatic carbocycles. The van der Waals surface area contributed by atoms with E-state index in [2.05, 4.69) is 20.9 Å². The van der Waals surface area contributed by atoms with E-state index in [1.54, 1.807) is 18.5 Å². The van der Waals surface area contributed by atoms with Crippen LogP contribution in [0.3, 0.4) is 0 Å². The lowest BCUT2D eigenvalue weighted by atomic mass is 10.2. The first-order valence-electron chi connectivity index (χ1n) is 4.79. The molecule has 0 aliphatic heterocycles. The number of anilines is 1. The van der Waals surface area contributed by atoms with E-state index in [4.69, 9.17) is 10.5 Å². The number of rotatable bonds is 2. The van der Waals surface area contributed by atoms with Crippen LogP contribution in [0, 0.1) is 6.92 Å². The van der Waals surface area contributed by atoms with Crippen molar-refractivity contribution in [3.63, 3.8) is 0 Å². The Kier molecular flexibility index (Phi) is 3.10. The van der Waals surface area contributed by atoms with Crippen molar-refractivity contribution in [3.05, 3.63) is 46.7 Å². The number of hydrogen-bond donors (Lipinski definition) is 1. The van der Waals surface area contributed by atoms with Gasteiger partial charge in [0, 0.05) is 22.4 Å². The molecular weight excluding hydrogens is 268 g/mol. The predicted octanol–water partition coefficient (Wildman–Crippen LogP) is 3.53. The second-order valence-electron chi connectivity index (χ2n) is 3.52. The van der Waals surface area contributed by atoms with Crippen molar-refractivity contribution in [2.75, 3.05) is 5.73 Å². The Labute approximate surface area is 102 Å². The second kappa shape index (κ2) is 4.53. The lowest BCUT2D eigenvalue weighted by Crippen LogP contribution is -1.90. The predicted molar refractivity (Wildman–Crippen MR) is 67.6 cm³/mol. The Balaban J connectivity index is 2.27. The Morgan fingerprint density at radius 3 is 2.62 bits per heavy atom. The van der Waals surface area contributed by atoms with Crippen molar-refractivity contribution in [1.82, 2.24) is 4.98 Å². The number of benzene rings is 1. The molecule has 16 heavy (non-hydrogen) atoms. The SMILES string of the molecule is Cc1cc(N)cc(Oc2cncc(Br)c2)c1. The van der Waals surface area contributed by atoms with Crippen LogP contribution in [0.5, 0.6) is 11.5 Å². The fourth-order valence-corrected chi connectivity index (χ4v) is 1.76. The summed E-state index contributed by atoms with van der Waals surface area (Å²) in [6, 6.07) is 7.46. The summed E-state index contributed by atoms with van der Waals surface area (Å²) in [7, 11) is 0. The van der Waals surface area contributed by atoms with Crippen molar-refractivity contribution in [2.24, 2.45) is 0 Å². The maximum Gasteiger partial charge on any atom is 0.146 e. The lowest BCUT2D eigenvalue weighted by molar-refractivity contribution is 0.480. The summed E-state index contributed by atoms with van der Waals surface area (Å²) in [5, 5.41) is 0. The molecule has 2 rings (SSSR count). The van der Waals surface area contributed by atoms with Crippen LogP contribution in [-0.4, -0.2) is 4.98 Å². The Morgan fingerprint density at radius 1 is 1.12 bits per heavy atom. The van der Waals surface area contributed by atoms with Crippen molar-refractivity contribution < 1.29 is 4.74 Å². The fraction of sp³-hybridized carbons (Fsp3) is 0.0833. The maximum atomic E-state index is 5.74. The number of hydrogen-bond acceptors (Lipinski definition) is 3. The number of aryl methyl sites for hydroxylation is 1. The van der Waals surface area contributed by atoms with Gasteiger partial charge in [0.2, 0.25) is 0 Å². The van der Waals surface area contributed by atoms with E-state index in [-0.39, 0.29) is 0 Å². The molecular formula is C12H11BrN2O. The van der Waals surface area contributed by atoms with Gasteiger partial charge in [0.15, 0.2) is 0 Å². The summed E-state index contributed by atoms with van der Waals surface area (Å²) in [4.78, 5) is 4.02. The lowest BCUT2D eigenvalue weighted by Gasteiger charge is -2.07. The summed E-state index contributed by atoms with van der Waals surface area (Å²) in [6.07, 6.45) is 3.36. The third kappa shape index (κ3) is 2.73. The van der Waals surface area contributed by atoms with Gasteiger partial charge in [-0.05, 0) is 46.6 Å². The second-order valence-corrected chi connectivity index (χ2v) is 4.44. The number of nitrogens with zero attached hydrogens (tertiary/aromatic N) is 1. The zero-order valence-corrected chi connectivity index (χ0v) is 10.4. The van der Waals surface area contributed by atoms with Gasteiger partial charge in [-0.25, -0.2) is 0 Å². The van der Waals surface area contributed by atoms with Crippen LogP contribution < -0.4 is 10.5 Å². The van der Waals surface area contributed by atoms with Crippen LogP contribution >= 0.6 is 15.9 Å². The van der Waals surface area contributed by atoms with Gasteiger partial charge in [-0.15, -0.1) is 0 Å². The van der Waals surface area contributed by atoms with E-state index in [1.165, 1.54) is 0 Å². The molecule has 1 aromatic heterocycles. The zero-order valence-electron chi connectivity index (χ0n) is 8.77. The van der Waals surface area contributed by atoms with Crippen molar-refractivity contribution in [3.8, 4) is 11.5 Å². The van der Waals surface area contributed by atoms with Crippen molar-refractivity contribution >= 4 is 21.6 Å². The van der Waals surface area contributed by atoms with E-state index < -0.39 is 0 Å². The molecule has 2 aromatic rings. The van der Waals surface area contributed by atoms with Crippen LogP contribution in [-0.2, 0) is 0 Å². The minimum atomic E-state index is 0.680. The minimum Gasteiger partial charge on any atom is -0.456 e. The molecule has 4 heteroatoms. The zero-order chi connectivity index (χ0) is 11.5. The molecule has 0 fully saturated rings. The Bertz CT molecular complexity index is 494. The topological polar surface area (TPSA) is 48.1 Å². The number of nitrogen functional groups attached to an aromatic ring is 1. The van der Waals surface area contributed by atoms with Crippen LogP contribution in [0.15, 0.2) is 41.1 Å². The van der Waals surface area contributed by atoms with Gasteiger partial charge >= 0.3 is 0 Å². The minimum absolute atomic E-state index is 0.680. The Morgan fingerprint density at radius 2 is 1.94 bits per heavy atom. The molecule has 0 bridgehead atoms. The van der Waals surface area contributed by atoms with Crippen LogP contribution in [0.25, 0.3) is 0 Å². The van der Waals surface area contributed by atoms with Gasteiger partial charge in [-0.1, -0.05) is 0 Å². The monoisotopic (exact) mass is 278 g/mol. The highest BCUT2D eigenvalue weighted by Gasteiger charge is 2.00. The van der Waals surface area contributed by atoms with Gasteiger partial charge < -0.3 is 10.5 Å². The largest absolute Gasteiger partial charge is 0.456 e. The summed E-state index contributed by atoms with van der Waals surface area (Å²) < 4.78 is 6.53. The van der Waals surface area contributed by atoms with Gasteiger partial charge in [0.1, 0.15) is 11.5 Å². The van der Waals surface area contributed by atoms with Gasteiger partial charge in [0.25, 0.3) is 0 Å². The number of aromatic nitrogens is 1. The third-order valence-corrected chi connectivity index (χ3v) is 2.42. The molecule has 0 unspecified atom stereocenters. The standard InChI is InChI=1S/C12H11BrN2O/c1-8-2-10(14)5-11(3-8)16-12-4-9(13)6-15-7-12/h2-7H,14H2,1H3. The number of nitrogens with two attached hydrogens (primary N) is 1.